The molecular weight excluding hydrogens is 264 g/mol. The van der Waals surface area contributed by atoms with Crippen molar-refractivity contribution in [1.82, 2.24) is 4.98 Å². The van der Waals surface area contributed by atoms with Crippen LogP contribution in [0.3, 0.4) is 0 Å². The smallest absolute Gasteiger partial charge is 0.240 e. The van der Waals surface area contributed by atoms with Crippen molar-refractivity contribution in [1.29, 1.82) is 0 Å². The second-order valence-corrected chi connectivity index (χ2v) is 4.10. The van der Waals surface area contributed by atoms with Gasteiger partial charge in [0.25, 0.3) is 0 Å². The predicted molar refractivity (Wildman–Crippen MR) is 74.4 cm³/mol. The van der Waals surface area contributed by atoms with Crippen molar-refractivity contribution in [2.24, 2.45) is 0 Å². The number of nitrogens with zero attached hydrogens (tertiary/aromatic N) is 1. The first-order valence-corrected chi connectivity index (χ1v) is 6.30. The zero-order valence-electron chi connectivity index (χ0n) is 10.2. The van der Waals surface area contributed by atoms with Gasteiger partial charge in [0, 0.05) is 12.3 Å². The molecule has 1 N–H and O–H groups in total. The molecule has 0 aliphatic rings. The number of alkyl halides is 1. The normalized spacial score (nSPS) is 9.95. The van der Waals surface area contributed by atoms with Gasteiger partial charge in [-0.25, -0.2) is 4.98 Å². The largest absolute Gasteiger partial charge is 0.489 e. The number of hydrogen-bond acceptors (Lipinski definition) is 3. The molecule has 0 saturated heterocycles. The maximum atomic E-state index is 11.1. The standard InChI is InChI=1S/C14H13ClN2O2/c15-9-14(18)17-13-8-12(6-7-16-13)19-10-11-4-2-1-3-5-11/h1-8H,9-10H2,(H,16,17,18). The molecule has 0 aliphatic carbocycles. The number of nitrogens with one attached hydrogen (secondary N) is 1. The van der Waals surface area contributed by atoms with Gasteiger partial charge in [-0.15, -0.1) is 11.6 Å². The first-order chi connectivity index (χ1) is 9.28. The second-order valence-electron chi connectivity index (χ2n) is 3.83. The van der Waals surface area contributed by atoms with Crippen molar-refractivity contribution in [3.05, 3.63) is 54.2 Å². The number of carbonyl (C=O) groups excluding carboxylic acids is 1. The Bertz CT molecular complexity index is 546. The molecule has 98 valence electrons. The predicted octanol–water partition coefficient (Wildman–Crippen LogP) is 2.84. The molecule has 1 heterocycles. The molecule has 0 spiro atoms. The topological polar surface area (TPSA) is 51.2 Å². The van der Waals surface area contributed by atoms with Gasteiger partial charge in [0.2, 0.25) is 5.91 Å². The van der Waals surface area contributed by atoms with E-state index in [2.05, 4.69) is 10.3 Å². The highest BCUT2D eigenvalue weighted by Crippen LogP contribution is 2.16. The number of halogens is 1. The molecule has 2 rings (SSSR count). The molecule has 0 radical (unpaired) electrons. The van der Waals surface area contributed by atoms with Gasteiger partial charge in [0.15, 0.2) is 0 Å². The molecule has 5 heteroatoms. The van der Waals surface area contributed by atoms with Crippen LogP contribution in [0, 0.1) is 0 Å². The SMILES string of the molecule is O=C(CCl)Nc1cc(OCc2ccccc2)ccn1. The van der Waals surface area contributed by atoms with E-state index in [0.29, 0.717) is 18.2 Å². The van der Waals surface area contributed by atoms with Crippen LogP contribution < -0.4 is 10.1 Å². The van der Waals surface area contributed by atoms with Crippen LogP contribution >= 0.6 is 11.6 Å². The molecule has 0 aliphatic heterocycles. The minimum atomic E-state index is -0.297. The van der Waals surface area contributed by atoms with Crippen molar-refractivity contribution < 1.29 is 9.53 Å². The van der Waals surface area contributed by atoms with E-state index in [1.54, 1.807) is 18.3 Å². The van der Waals surface area contributed by atoms with Gasteiger partial charge < -0.3 is 10.1 Å². The third-order valence-electron chi connectivity index (χ3n) is 2.37. The molecular formula is C14H13ClN2O2. The summed E-state index contributed by atoms with van der Waals surface area (Å²) in [6.07, 6.45) is 1.57. The molecule has 0 saturated carbocycles. The fourth-order valence-corrected chi connectivity index (χ4v) is 1.55. The lowest BCUT2D eigenvalue weighted by atomic mass is 10.2. The van der Waals surface area contributed by atoms with E-state index in [-0.39, 0.29) is 11.8 Å². The summed E-state index contributed by atoms with van der Waals surface area (Å²) in [4.78, 5) is 15.2. The van der Waals surface area contributed by atoms with Crippen LogP contribution in [-0.2, 0) is 11.4 Å². The third-order valence-corrected chi connectivity index (χ3v) is 2.61. The van der Waals surface area contributed by atoms with E-state index < -0.39 is 0 Å². The molecule has 0 unspecified atom stereocenters. The summed E-state index contributed by atoms with van der Waals surface area (Å²) in [6.45, 7) is 0.466. The molecule has 0 bridgehead atoms. The number of rotatable bonds is 5. The summed E-state index contributed by atoms with van der Waals surface area (Å²) >= 11 is 5.41. The van der Waals surface area contributed by atoms with E-state index in [0.717, 1.165) is 5.56 Å². The molecule has 1 aromatic heterocycles. The highest BCUT2D eigenvalue weighted by atomic mass is 35.5. The summed E-state index contributed by atoms with van der Waals surface area (Å²) in [5.74, 6) is 0.672. The minimum Gasteiger partial charge on any atom is -0.489 e. The monoisotopic (exact) mass is 276 g/mol. The lowest BCUT2D eigenvalue weighted by Gasteiger charge is -2.08. The molecule has 0 fully saturated rings. The number of benzene rings is 1. The summed E-state index contributed by atoms with van der Waals surface area (Å²) in [6, 6.07) is 13.2. The zero-order chi connectivity index (χ0) is 13.5. The molecule has 4 nitrogen and oxygen atoms in total. The Balaban J connectivity index is 1.97. The van der Waals surface area contributed by atoms with Crippen LogP contribution in [0.25, 0.3) is 0 Å². The van der Waals surface area contributed by atoms with E-state index in [4.69, 9.17) is 16.3 Å². The molecule has 0 atom stereocenters. The quantitative estimate of drug-likeness (QED) is 0.855. The second kappa shape index (κ2) is 6.75. The highest BCUT2D eigenvalue weighted by Gasteiger charge is 2.03. The van der Waals surface area contributed by atoms with Crippen LogP contribution in [0.2, 0.25) is 0 Å². The van der Waals surface area contributed by atoms with E-state index >= 15 is 0 Å². The van der Waals surface area contributed by atoms with Crippen LogP contribution in [0.1, 0.15) is 5.56 Å². The van der Waals surface area contributed by atoms with E-state index in [9.17, 15) is 4.79 Å². The molecule has 1 amide bonds. The Morgan fingerprint density at radius 2 is 2.05 bits per heavy atom. The van der Waals surface area contributed by atoms with Crippen LogP contribution in [-0.4, -0.2) is 16.8 Å². The lowest BCUT2D eigenvalue weighted by molar-refractivity contribution is -0.113. The van der Waals surface area contributed by atoms with Crippen molar-refractivity contribution in [2.45, 2.75) is 6.61 Å². The summed E-state index contributed by atoms with van der Waals surface area (Å²) in [5.41, 5.74) is 1.07. The van der Waals surface area contributed by atoms with Crippen molar-refractivity contribution in [2.75, 3.05) is 11.2 Å². The Morgan fingerprint density at radius 3 is 2.79 bits per heavy atom. The number of anilines is 1. The molecule has 19 heavy (non-hydrogen) atoms. The maximum Gasteiger partial charge on any atom is 0.240 e. The molecule has 2 aromatic rings. The van der Waals surface area contributed by atoms with Crippen molar-refractivity contribution in [3.63, 3.8) is 0 Å². The van der Waals surface area contributed by atoms with Crippen molar-refractivity contribution in [3.8, 4) is 5.75 Å². The fraction of sp³-hybridized carbons (Fsp3) is 0.143. The first kappa shape index (κ1) is 13.4. The van der Waals surface area contributed by atoms with Crippen LogP contribution in [0.15, 0.2) is 48.7 Å². The maximum absolute atomic E-state index is 11.1. The van der Waals surface area contributed by atoms with E-state index in [1.165, 1.54) is 0 Å². The van der Waals surface area contributed by atoms with Gasteiger partial charge in [0.1, 0.15) is 24.1 Å². The van der Waals surface area contributed by atoms with Crippen molar-refractivity contribution >= 4 is 23.3 Å². The van der Waals surface area contributed by atoms with Gasteiger partial charge in [0.05, 0.1) is 0 Å². The van der Waals surface area contributed by atoms with Crippen LogP contribution in [0.4, 0.5) is 5.82 Å². The van der Waals surface area contributed by atoms with E-state index in [1.807, 2.05) is 30.3 Å². The van der Waals surface area contributed by atoms with Gasteiger partial charge in [-0.05, 0) is 11.6 Å². The average Bonchev–Trinajstić information content (AvgIpc) is 2.46. The van der Waals surface area contributed by atoms with Gasteiger partial charge >= 0.3 is 0 Å². The Hall–Kier alpha value is -2.07. The Kier molecular flexibility index (Phi) is 4.75. The number of pyridine rings is 1. The number of aromatic nitrogens is 1. The first-order valence-electron chi connectivity index (χ1n) is 5.76. The summed E-state index contributed by atoms with van der Waals surface area (Å²) < 4.78 is 5.62. The number of ether oxygens (including phenoxy) is 1. The average molecular weight is 277 g/mol. The Morgan fingerprint density at radius 1 is 1.26 bits per heavy atom. The summed E-state index contributed by atoms with van der Waals surface area (Å²) in [7, 11) is 0. The van der Waals surface area contributed by atoms with Gasteiger partial charge in [-0.3, -0.25) is 4.79 Å². The minimum absolute atomic E-state index is 0.100. The third kappa shape index (κ3) is 4.26. The highest BCUT2D eigenvalue weighted by molar-refractivity contribution is 6.29. The lowest BCUT2D eigenvalue weighted by Crippen LogP contribution is -2.13. The van der Waals surface area contributed by atoms with Gasteiger partial charge in [-0.1, -0.05) is 30.3 Å². The zero-order valence-corrected chi connectivity index (χ0v) is 10.9. The molecule has 1 aromatic carbocycles. The number of hydrogen-bond donors (Lipinski definition) is 1. The van der Waals surface area contributed by atoms with Gasteiger partial charge in [-0.2, -0.15) is 0 Å². The fourth-order valence-electron chi connectivity index (χ4n) is 1.49. The number of amides is 1. The number of carbonyl (C=O) groups is 1. The summed E-state index contributed by atoms with van der Waals surface area (Å²) in [5, 5.41) is 2.57. The Labute approximate surface area is 116 Å². The van der Waals surface area contributed by atoms with Crippen LogP contribution in [0.5, 0.6) is 5.75 Å².